The number of amides is 1. The number of hydrogen-bond donors (Lipinski definition) is 6. The molecule has 6 N–H and O–H groups in total. The maximum absolute atomic E-state index is 11.7. The molecule has 1 aliphatic rings. The zero-order valence-electron chi connectivity index (χ0n) is 16.8. The van der Waals surface area contributed by atoms with E-state index in [1.807, 2.05) is 0 Å². The normalized spacial score (nSPS) is 26.7. The van der Waals surface area contributed by atoms with Gasteiger partial charge in [0.25, 0.3) is 0 Å². The summed E-state index contributed by atoms with van der Waals surface area (Å²) in [6.45, 7) is 0.460. The number of rotatable bonds is 8. The second kappa shape index (κ2) is 10.0. The lowest BCUT2D eigenvalue weighted by Gasteiger charge is -2.39. The highest BCUT2D eigenvalue weighted by Gasteiger charge is 2.45. The van der Waals surface area contributed by atoms with E-state index in [-0.39, 0.29) is 16.9 Å². The van der Waals surface area contributed by atoms with E-state index >= 15 is 0 Å². The molecule has 0 unspecified atom stereocenters. The minimum Gasteiger partial charge on any atom is -0.480 e. The Morgan fingerprint density at radius 3 is 2.29 bits per heavy atom. The molecule has 6 atom stereocenters. The van der Waals surface area contributed by atoms with Gasteiger partial charge >= 0.3 is 11.9 Å². The van der Waals surface area contributed by atoms with Crippen LogP contribution in [0.5, 0.6) is 5.75 Å². The van der Waals surface area contributed by atoms with Gasteiger partial charge in [0.15, 0.2) is 0 Å². The highest BCUT2D eigenvalue weighted by Crippen LogP contribution is 2.30. The number of carboxylic acid groups (broad SMARTS) is 2. The number of nitrogens with zero attached hydrogens (tertiary/aromatic N) is 1. The van der Waals surface area contributed by atoms with E-state index in [0.717, 1.165) is 11.8 Å². The molecule has 0 aliphatic carbocycles. The van der Waals surface area contributed by atoms with Crippen molar-refractivity contribution in [2.24, 2.45) is 0 Å². The number of benzene rings is 1. The average Bonchev–Trinajstić information content (AvgIpc) is 2.71. The Bertz CT molecular complexity index is 827. The largest absolute Gasteiger partial charge is 0.480 e. The number of likely N-dealkylation sites (N-methyl/N-ethyl adjacent to an activating group) is 1. The molecule has 12 heteroatoms. The van der Waals surface area contributed by atoms with Crippen LogP contribution in [0.3, 0.4) is 0 Å². The predicted molar refractivity (Wildman–Crippen MR) is 101 cm³/mol. The van der Waals surface area contributed by atoms with Crippen molar-refractivity contribution in [1.82, 2.24) is 4.90 Å². The second-order valence-corrected chi connectivity index (χ2v) is 7.09. The summed E-state index contributed by atoms with van der Waals surface area (Å²) in [5.41, 5.74) is -0.391. The lowest BCUT2D eigenvalue weighted by molar-refractivity contribution is -0.277. The first kappa shape index (κ1) is 24.5. The van der Waals surface area contributed by atoms with Crippen LogP contribution in [-0.2, 0) is 20.7 Å². The molecule has 0 aromatic heterocycles. The van der Waals surface area contributed by atoms with Gasteiger partial charge in [-0.15, -0.1) is 0 Å². The first-order chi connectivity index (χ1) is 14.5. The van der Waals surface area contributed by atoms with Crippen molar-refractivity contribution in [1.29, 1.82) is 0 Å². The van der Waals surface area contributed by atoms with Crippen molar-refractivity contribution in [2.45, 2.75) is 50.1 Å². The van der Waals surface area contributed by atoms with Crippen LogP contribution in [0.4, 0.5) is 0 Å². The molecule has 1 heterocycles. The van der Waals surface area contributed by atoms with Gasteiger partial charge in [-0.3, -0.25) is 4.79 Å². The van der Waals surface area contributed by atoms with Gasteiger partial charge in [-0.25, -0.2) is 9.59 Å². The molecule has 1 saturated heterocycles. The van der Waals surface area contributed by atoms with E-state index in [4.69, 9.17) is 9.47 Å². The van der Waals surface area contributed by atoms with Crippen molar-refractivity contribution in [3.8, 4) is 5.75 Å². The molecular weight excluding hydrogens is 418 g/mol. The molecule has 12 nitrogen and oxygen atoms in total. The highest BCUT2D eigenvalue weighted by molar-refractivity contribution is 5.91. The maximum atomic E-state index is 11.7. The van der Waals surface area contributed by atoms with Crippen molar-refractivity contribution in [2.75, 3.05) is 13.7 Å². The van der Waals surface area contributed by atoms with E-state index in [2.05, 4.69) is 0 Å². The van der Waals surface area contributed by atoms with Crippen molar-refractivity contribution in [3.05, 3.63) is 29.3 Å². The van der Waals surface area contributed by atoms with Crippen molar-refractivity contribution >= 4 is 17.8 Å². The summed E-state index contributed by atoms with van der Waals surface area (Å²) in [7, 11) is 1.25. The minimum atomic E-state index is -1.76. The average molecular weight is 443 g/mol. The number of aliphatic hydroxyl groups is 4. The van der Waals surface area contributed by atoms with E-state index in [9.17, 15) is 45.0 Å². The fourth-order valence-electron chi connectivity index (χ4n) is 3.18. The third-order valence-electron chi connectivity index (χ3n) is 5.10. The summed E-state index contributed by atoms with van der Waals surface area (Å²) >= 11 is 0. The summed E-state index contributed by atoms with van der Waals surface area (Å²) in [5, 5.41) is 58.3. The number of ether oxygens (including phenoxy) is 2. The molecule has 1 aromatic rings. The summed E-state index contributed by atoms with van der Waals surface area (Å²) in [5.74, 6) is -3.50. The second-order valence-electron chi connectivity index (χ2n) is 7.09. The Labute approximate surface area is 176 Å². The van der Waals surface area contributed by atoms with Gasteiger partial charge in [0.05, 0.1) is 12.2 Å². The van der Waals surface area contributed by atoms with Crippen LogP contribution in [0.1, 0.15) is 22.8 Å². The van der Waals surface area contributed by atoms with Gasteiger partial charge in [-0.2, -0.15) is 0 Å². The molecule has 0 spiro atoms. The van der Waals surface area contributed by atoms with E-state index in [0.29, 0.717) is 0 Å². The van der Waals surface area contributed by atoms with Gasteiger partial charge in [-0.05, 0) is 12.1 Å². The molecule has 0 radical (unpaired) electrons. The first-order valence-electron chi connectivity index (χ1n) is 9.28. The van der Waals surface area contributed by atoms with Crippen LogP contribution in [0.25, 0.3) is 0 Å². The lowest BCUT2D eigenvalue weighted by Crippen LogP contribution is -2.60. The SMILES string of the molecule is CC(=O)N(C)[C@@H](Cc1c(O[C@@H]2O[C@H](CO)[C@H](O)[C@H](O)[C@H]2O)cccc1C(=O)O)C(=O)O. The zero-order valence-corrected chi connectivity index (χ0v) is 16.8. The van der Waals surface area contributed by atoms with Crippen LogP contribution < -0.4 is 4.74 Å². The Morgan fingerprint density at radius 1 is 1.13 bits per heavy atom. The summed E-state index contributed by atoms with van der Waals surface area (Å²) in [6, 6.07) is 2.41. The molecule has 1 aliphatic heterocycles. The van der Waals surface area contributed by atoms with Gasteiger partial charge in [0.1, 0.15) is 36.2 Å². The predicted octanol–water partition coefficient (Wildman–Crippen LogP) is -1.96. The molecular formula is C19H25NO11. The van der Waals surface area contributed by atoms with Crippen LogP contribution in [0, 0.1) is 0 Å². The lowest BCUT2D eigenvalue weighted by atomic mass is 9.97. The molecule has 0 bridgehead atoms. The number of aliphatic hydroxyl groups excluding tert-OH is 4. The molecule has 172 valence electrons. The molecule has 0 saturated carbocycles. The van der Waals surface area contributed by atoms with Crippen LogP contribution in [-0.4, -0.2) is 104 Å². The van der Waals surface area contributed by atoms with Crippen LogP contribution >= 0.6 is 0 Å². The Hall–Kier alpha value is -2.77. The van der Waals surface area contributed by atoms with Crippen molar-refractivity contribution in [3.63, 3.8) is 0 Å². The van der Waals surface area contributed by atoms with Crippen molar-refractivity contribution < 1.29 is 54.5 Å². The standard InChI is InChI=1S/C19H25NO11/c1-8(22)20(2)11(18(28)29)6-10-9(17(26)27)4-3-5-12(10)30-19-16(25)15(24)14(23)13(7-21)31-19/h3-5,11,13-16,19,21,23-25H,6-7H2,1-2H3,(H,26,27)(H,28,29)/t11-,13+,14-,15-,16+,19+/m0/s1. The topological polar surface area (TPSA) is 194 Å². The Morgan fingerprint density at radius 2 is 1.77 bits per heavy atom. The minimum absolute atomic E-state index is 0.0903. The summed E-state index contributed by atoms with van der Waals surface area (Å²) in [4.78, 5) is 36.0. The Balaban J connectivity index is 2.44. The molecule has 31 heavy (non-hydrogen) atoms. The number of aliphatic carboxylic acids is 1. The third-order valence-corrected chi connectivity index (χ3v) is 5.10. The van der Waals surface area contributed by atoms with Gasteiger partial charge in [0.2, 0.25) is 12.2 Å². The highest BCUT2D eigenvalue weighted by atomic mass is 16.7. The fourth-order valence-corrected chi connectivity index (χ4v) is 3.18. The van der Waals surface area contributed by atoms with Crippen LogP contribution in [0.15, 0.2) is 18.2 Å². The van der Waals surface area contributed by atoms with Crippen LogP contribution in [0.2, 0.25) is 0 Å². The van der Waals surface area contributed by atoms with Gasteiger partial charge < -0.3 is 45.0 Å². The van der Waals surface area contributed by atoms with E-state index < -0.39 is 67.6 Å². The monoisotopic (exact) mass is 443 g/mol. The third kappa shape index (κ3) is 5.29. The van der Waals surface area contributed by atoms with E-state index in [1.54, 1.807) is 0 Å². The number of hydrogen-bond acceptors (Lipinski definition) is 9. The number of aromatic carboxylic acids is 1. The fraction of sp³-hybridized carbons (Fsp3) is 0.526. The number of carboxylic acids is 2. The van der Waals surface area contributed by atoms with E-state index in [1.165, 1.54) is 25.2 Å². The quantitative estimate of drug-likeness (QED) is 0.261. The smallest absolute Gasteiger partial charge is 0.336 e. The number of carbonyl (C=O) groups excluding carboxylic acids is 1. The molecule has 1 amide bonds. The molecule has 1 fully saturated rings. The summed E-state index contributed by atoms with van der Waals surface area (Å²) in [6.07, 6.45) is -8.41. The van der Waals surface area contributed by atoms with Gasteiger partial charge in [-0.1, -0.05) is 6.07 Å². The number of carbonyl (C=O) groups is 3. The Kier molecular flexibility index (Phi) is 7.92. The first-order valence-corrected chi connectivity index (χ1v) is 9.28. The molecule has 2 rings (SSSR count). The maximum Gasteiger partial charge on any atom is 0.336 e. The summed E-state index contributed by atoms with van der Waals surface area (Å²) < 4.78 is 10.8. The van der Waals surface area contributed by atoms with Gasteiger partial charge in [0, 0.05) is 26.0 Å². The zero-order chi connectivity index (χ0) is 23.5. The molecule has 1 aromatic carbocycles.